The second kappa shape index (κ2) is 8.89. The summed E-state index contributed by atoms with van der Waals surface area (Å²) in [5.41, 5.74) is 2.09. The van der Waals surface area contributed by atoms with E-state index in [4.69, 9.17) is 14.2 Å². The van der Waals surface area contributed by atoms with Crippen LogP contribution < -0.4 is 14.2 Å². The average Bonchev–Trinajstić information content (AvgIpc) is 3.27. The van der Waals surface area contributed by atoms with Crippen molar-refractivity contribution in [2.45, 2.75) is 31.5 Å². The highest BCUT2D eigenvalue weighted by Gasteiger charge is 2.39. The number of carbonyl (C=O) groups is 1. The summed E-state index contributed by atoms with van der Waals surface area (Å²) >= 11 is 0. The lowest BCUT2D eigenvalue weighted by atomic mass is 9.83. The SMILES string of the molecule is COc1cc2c3c(c4ccc(OC(=O)N(C)C)cc4c2cc1OC)[C@H](O)[C@@H]1CCCN1C3.Cl. The van der Waals surface area contributed by atoms with E-state index in [1.807, 2.05) is 24.3 Å². The molecule has 1 saturated heterocycles. The molecule has 1 N–H and O–H groups in total. The fourth-order valence-electron chi connectivity index (χ4n) is 5.21. The van der Waals surface area contributed by atoms with Gasteiger partial charge in [-0.2, -0.15) is 0 Å². The van der Waals surface area contributed by atoms with Crippen molar-refractivity contribution in [2.75, 3.05) is 34.9 Å². The van der Waals surface area contributed by atoms with Crippen LogP contribution in [0.1, 0.15) is 30.1 Å². The van der Waals surface area contributed by atoms with E-state index in [1.54, 1.807) is 34.4 Å². The maximum absolute atomic E-state index is 12.1. The van der Waals surface area contributed by atoms with Crippen LogP contribution in [0.2, 0.25) is 0 Å². The minimum Gasteiger partial charge on any atom is -0.493 e. The molecule has 0 radical (unpaired) electrons. The fourth-order valence-corrected chi connectivity index (χ4v) is 5.21. The van der Waals surface area contributed by atoms with Crippen molar-refractivity contribution < 1.29 is 24.1 Å². The molecule has 8 heteroatoms. The van der Waals surface area contributed by atoms with E-state index in [1.165, 1.54) is 4.90 Å². The van der Waals surface area contributed by atoms with Gasteiger partial charge in [0.05, 0.1) is 20.3 Å². The van der Waals surface area contributed by atoms with Gasteiger partial charge in [0, 0.05) is 26.7 Å². The summed E-state index contributed by atoms with van der Waals surface area (Å²) in [7, 11) is 6.54. The number of nitrogens with zero attached hydrogens (tertiary/aromatic N) is 2. The summed E-state index contributed by atoms with van der Waals surface area (Å²) < 4.78 is 16.7. The zero-order valence-corrected chi connectivity index (χ0v) is 20.1. The average molecular weight is 473 g/mol. The first kappa shape index (κ1) is 23.4. The van der Waals surface area contributed by atoms with Crippen molar-refractivity contribution in [1.29, 1.82) is 0 Å². The molecule has 0 bridgehead atoms. The number of amides is 1. The molecule has 2 atom stereocenters. The van der Waals surface area contributed by atoms with Gasteiger partial charge < -0.3 is 24.2 Å². The number of aliphatic hydroxyl groups is 1. The van der Waals surface area contributed by atoms with Crippen molar-refractivity contribution >= 4 is 40.0 Å². The predicted molar refractivity (Wildman–Crippen MR) is 130 cm³/mol. The molecular weight excluding hydrogens is 444 g/mol. The van der Waals surface area contributed by atoms with E-state index in [-0.39, 0.29) is 18.4 Å². The van der Waals surface area contributed by atoms with Crippen LogP contribution >= 0.6 is 12.4 Å². The molecule has 0 spiro atoms. The van der Waals surface area contributed by atoms with Crippen LogP contribution in [-0.2, 0) is 6.54 Å². The molecule has 3 aromatic rings. The number of hydrogen-bond acceptors (Lipinski definition) is 6. The second-order valence-corrected chi connectivity index (χ2v) is 8.74. The number of methoxy groups -OCH3 is 2. The Morgan fingerprint density at radius 1 is 1.03 bits per heavy atom. The molecule has 0 unspecified atom stereocenters. The molecule has 5 rings (SSSR count). The minimum absolute atomic E-state index is 0. The summed E-state index contributed by atoms with van der Waals surface area (Å²) in [4.78, 5) is 15.9. The van der Waals surface area contributed by atoms with E-state index in [2.05, 4.69) is 4.90 Å². The standard InChI is InChI=1S/C25H28N2O5.ClH/c1-26(2)25(29)32-14-7-8-15-16(10-14)17-11-21(30-3)22(31-4)12-18(17)19-13-27-9-5-6-20(27)24(28)23(15)19;/h7-8,10-12,20,24,28H,5-6,9,13H2,1-4H3;1H/t20-,24+;/m0./s1. The number of carbonyl (C=O) groups excluding carboxylic acids is 1. The Kier molecular flexibility index (Phi) is 6.31. The maximum atomic E-state index is 12.1. The molecule has 0 aliphatic carbocycles. The molecule has 176 valence electrons. The molecular formula is C25H29ClN2O5. The molecule has 3 aromatic carbocycles. The third-order valence-electron chi connectivity index (χ3n) is 6.75. The summed E-state index contributed by atoms with van der Waals surface area (Å²) in [5, 5.41) is 15.3. The Morgan fingerprint density at radius 3 is 2.36 bits per heavy atom. The summed E-state index contributed by atoms with van der Waals surface area (Å²) in [6.07, 6.45) is 1.07. The normalized spacial score (nSPS) is 19.5. The Balaban J connectivity index is 0.00000259. The zero-order valence-electron chi connectivity index (χ0n) is 19.3. The molecule has 7 nitrogen and oxygen atoms in total. The van der Waals surface area contributed by atoms with Crippen molar-refractivity contribution in [2.24, 2.45) is 0 Å². The summed E-state index contributed by atoms with van der Waals surface area (Å²) in [5.74, 6) is 1.74. The van der Waals surface area contributed by atoms with Crippen LogP contribution in [0.15, 0.2) is 30.3 Å². The highest BCUT2D eigenvalue weighted by atomic mass is 35.5. The van der Waals surface area contributed by atoms with Crippen molar-refractivity contribution in [3.8, 4) is 17.2 Å². The van der Waals surface area contributed by atoms with E-state index >= 15 is 0 Å². The van der Waals surface area contributed by atoms with Crippen molar-refractivity contribution in [3.05, 3.63) is 41.5 Å². The van der Waals surface area contributed by atoms with Gasteiger partial charge in [0.25, 0.3) is 0 Å². The molecule has 2 heterocycles. The predicted octanol–water partition coefficient (Wildman–Crippen LogP) is 4.50. The smallest absolute Gasteiger partial charge is 0.414 e. The number of fused-ring (bicyclic) bond motifs is 7. The Labute approximate surface area is 199 Å². The highest BCUT2D eigenvalue weighted by Crippen LogP contribution is 2.47. The van der Waals surface area contributed by atoms with Gasteiger partial charge in [-0.15, -0.1) is 12.4 Å². The van der Waals surface area contributed by atoms with E-state index in [9.17, 15) is 9.90 Å². The van der Waals surface area contributed by atoms with Gasteiger partial charge in [0.1, 0.15) is 5.75 Å². The van der Waals surface area contributed by atoms with Gasteiger partial charge in [-0.25, -0.2) is 4.79 Å². The highest BCUT2D eigenvalue weighted by molar-refractivity contribution is 6.12. The van der Waals surface area contributed by atoms with Crippen LogP contribution in [0, 0.1) is 0 Å². The first-order chi connectivity index (χ1) is 15.4. The van der Waals surface area contributed by atoms with Gasteiger partial charge in [0.2, 0.25) is 0 Å². The van der Waals surface area contributed by atoms with Crippen molar-refractivity contribution in [1.82, 2.24) is 9.80 Å². The Hall–Kier alpha value is -2.74. The molecule has 2 aliphatic rings. The number of ether oxygens (including phenoxy) is 3. The maximum Gasteiger partial charge on any atom is 0.414 e. The molecule has 1 amide bonds. The Morgan fingerprint density at radius 2 is 1.70 bits per heavy atom. The summed E-state index contributed by atoms with van der Waals surface area (Å²) in [6, 6.07) is 9.72. The third kappa shape index (κ3) is 3.74. The lowest BCUT2D eigenvalue weighted by Crippen LogP contribution is -2.39. The van der Waals surface area contributed by atoms with Crippen molar-refractivity contribution in [3.63, 3.8) is 0 Å². The third-order valence-corrected chi connectivity index (χ3v) is 6.75. The van der Waals surface area contributed by atoms with Gasteiger partial charge in [-0.05, 0) is 76.3 Å². The van der Waals surface area contributed by atoms with Crippen LogP contribution in [-0.4, -0.2) is 61.9 Å². The molecule has 0 saturated carbocycles. The van der Waals surface area contributed by atoms with Crippen LogP contribution in [0.5, 0.6) is 17.2 Å². The van der Waals surface area contributed by atoms with Gasteiger partial charge >= 0.3 is 6.09 Å². The topological polar surface area (TPSA) is 71.5 Å². The van der Waals surface area contributed by atoms with Crippen LogP contribution in [0.4, 0.5) is 4.79 Å². The molecule has 2 aliphatic heterocycles. The van der Waals surface area contributed by atoms with Crippen LogP contribution in [0.25, 0.3) is 21.5 Å². The second-order valence-electron chi connectivity index (χ2n) is 8.74. The van der Waals surface area contributed by atoms with Gasteiger partial charge in [-0.3, -0.25) is 4.90 Å². The monoisotopic (exact) mass is 472 g/mol. The lowest BCUT2D eigenvalue weighted by molar-refractivity contribution is 0.0552. The molecule has 1 fully saturated rings. The zero-order chi connectivity index (χ0) is 22.6. The Bertz CT molecular complexity index is 1230. The number of hydrogen-bond donors (Lipinski definition) is 1. The van der Waals surface area contributed by atoms with Crippen LogP contribution in [0.3, 0.4) is 0 Å². The lowest BCUT2D eigenvalue weighted by Gasteiger charge is -2.37. The van der Waals surface area contributed by atoms with E-state index in [0.717, 1.165) is 58.6 Å². The van der Waals surface area contributed by atoms with Gasteiger partial charge in [0.15, 0.2) is 11.5 Å². The summed E-state index contributed by atoms with van der Waals surface area (Å²) in [6.45, 7) is 1.78. The molecule has 33 heavy (non-hydrogen) atoms. The van der Waals surface area contributed by atoms with E-state index in [0.29, 0.717) is 17.2 Å². The largest absolute Gasteiger partial charge is 0.493 e. The fraction of sp³-hybridized carbons (Fsp3) is 0.400. The number of halogens is 1. The minimum atomic E-state index is -0.573. The van der Waals surface area contributed by atoms with E-state index < -0.39 is 12.2 Å². The number of benzene rings is 3. The number of aliphatic hydroxyl groups excluding tert-OH is 1. The molecule has 0 aromatic heterocycles. The first-order valence-corrected chi connectivity index (χ1v) is 10.9. The van der Waals surface area contributed by atoms with Gasteiger partial charge in [-0.1, -0.05) is 6.07 Å². The number of rotatable bonds is 3. The quantitative estimate of drug-likeness (QED) is 0.566. The first-order valence-electron chi connectivity index (χ1n) is 10.9.